The van der Waals surface area contributed by atoms with E-state index in [1.165, 1.54) is 0 Å². The van der Waals surface area contributed by atoms with Crippen LogP contribution in [-0.2, 0) is 11.2 Å². The van der Waals surface area contributed by atoms with Crippen molar-refractivity contribution in [2.24, 2.45) is 10.4 Å². The molecule has 1 aliphatic carbocycles. The summed E-state index contributed by atoms with van der Waals surface area (Å²) < 4.78 is 5.97. The fraction of sp³-hybridized carbons (Fsp3) is 0.636. The van der Waals surface area contributed by atoms with Crippen LogP contribution in [-0.4, -0.2) is 51.3 Å². The summed E-state index contributed by atoms with van der Waals surface area (Å²) in [6.07, 6.45) is 4.36. The number of nitrogens with zero attached hydrogens (tertiary/aromatic N) is 1. The molecule has 1 aliphatic rings. The third kappa shape index (κ3) is 6.07. The summed E-state index contributed by atoms with van der Waals surface area (Å²) in [6, 6.07) is 8.11. The zero-order valence-corrected chi connectivity index (χ0v) is 20.7. The zero-order chi connectivity index (χ0) is 20.6. The van der Waals surface area contributed by atoms with Crippen LogP contribution in [0.5, 0.6) is 0 Å². The number of halogens is 1. The van der Waals surface area contributed by atoms with E-state index in [1.807, 2.05) is 24.3 Å². The van der Waals surface area contributed by atoms with Gasteiger partial charge >= 0.3 is 0 Å². The Morgan fingerprint density at radius 1 is 1.28 bits per heavy atom. The molecule has 0 aliphatic heterocycles. The van der Waals surface area contributed by atoms with Crippen LogP contribution in [0.2, 0.25) is 0 Å². The lowest BCUT2D eigenvalue weighted by molar-refractivity contribution is -0.133. The Morgan fingerprint density at radius 2 is 2.00 bits per heavy atom. The Labute approximate surface area is 192 Å². The van der Waals surface area contributed by atoms with Crippen LogP contribution in [0, 0.1) is 5.41 Å². The molecule has 29 heavy (non-hydrogen) atoms. The molecule has 0 spiro atoms. The highest BCUT2D eigenvalue weighted by Gasteiger charge is 2.53. The van der Waals surface area contributed by atoms with Crippen LogP contribution in [0.25, 0.3) is 0 Å². The summed E-state index contributed by atoms with van der Waals surface area (Å²) in [5, 5.41) is 9.68. The van der Waals surface area contributed by atoms with E-state index in [0.29, 0.717) is 17.7 Å². The molecule has 2 rings (SSSR count). The number of hydrogen-bond donors (Lipinski definition) is 3. The van der Waals surface area contributed by atoms with Crippen LogP contribution in [0.1, 0.15) is 56.0 Å². The van der Waals surface area contributed by atoms with Gasteiger partial charge in [-0.3, -0.25) is 9.79 Å². The number of aliphatic imine (C=N–C) groups is 1. The third-order valence-electron chi connectivity index (χ3n) is 6.13. The second-order valence-electron chi connectivity index (χ2n) is 7.35. The number of carbonyl (C=O) groups excluding carboxylic acids is 1. The van der Waals surface area contributed by atoms with Gasteiger partial charge in [-0.25, -0.2) is 0 Å². The quantitative estimate of drug-likeness (QED) is 0.268. The van der Waals surface area contributed by atoms with E-state index in [1.54, 1.807) is 14.1 Å². The monoisotopic (exact) mass is 516 g/mol. The van der Waals surface area contributed by atoms with Gasteiger partial charge in [0.15, 0.2) is 5.96 Å². The number of rotatable bonds is 9. The van der Waals surface area contributed by atoms with Gasteiger partial charge in [-0.05, 0) is 50.3 Å². The molecule has 1 aromatic carbocycles. The number of hydrogen-bond acceptors (Lipinski definition) is 3. The zero-order valence-electron chi connectivity index (χ0n) is 18.4. The molecule has 1 aromatic rings. The molecule has 0 heterocycles. The highest BCUT2D eigenvalue weighted by molar-refractivity contribution is 14.0. The Bertz CT molecular complexity index is 677. The fourth-order valence-electron chi connectivity index (χ4n) is 4.28. The van der Waals surface area contributed by atoms with Gasteiger partial charge in [0.2, 0.25) is 0 Å². The van der Waals surface area contributed by atoms with Crippen molar-refractivity contribution < 1.29 is 9.53 Å². The van der Waals surface area contributed by atoms with Crippen LogP contribution in [0.15, 0.2) is 29.3 Å². The summed E-state index contributed by atoms with van der Waals surface area (Å²) in [5.41, 5.74) is 1.99. The molecule has 0 radical (unpaired) electrons. The molecule has 1 fully saturated rings. The van der Waals surface area contributed by atoms with Crippen molar-refractivity contribution in [3.63, 3.8) is 0 Å². The molecule has 1 amide bonds. The van der Waals surface area contributed by atoms with E-state index in [0.717, 1.165) is 50.4 Å². The van der Waals surface area contributed by atoms with E-state index in [-0.39, 0.29) is 35.3 Å². The molecule has 6 nitrogen and oxygen atoms in total. The summed E-state index contributed by atoms with van der Waals surface area (Å²) in [7, 11) is 3.45. The number of ether oxygens (including phenoxy) is 1. The minimum absolute atomic E-state index is 0. The smallest absolute Gasteiger partial charge is 0.251 e. The standard InChI is InChI=1S/C22H36N4O2.HI/c1-6-22(7-2)18(15-19(22)28-8-3)26-21(24-5)25-13-12-16-10-9-11-17(14-16)20(27)23-4;/h9-11,14,18-19H,6-8,12-13,15H2,1-5H3,(H,23,27)(H2,24,25,26);1H. The van der Waals surface area contributed by atoms with E-state index in [4.69, 9.17) is 4.74 Å². The summed E-state index contributed by atoms with van der Waals surface area (Å²) in [6.45, 7) is 8.08. The molecule has 7 heteroatoms. The van der Waals surface area contributed by atoms with Gasteiger partial charge in [0.25, 0.3) is 5.91 Å². The van der Waals surface area contributed by atoms with E-state index in [2.05, 4.69) is 41.7 Å². The normalized spacial score (nSPS) is 20.2. The van der Waals surface area contributed by atoms with Gasteiger partial charge in [0, 0.05) is 44.3 Å². The lowest BCUT2D eigenvalue weighted by atomic mass is 9.58. The van der Waals surface area contributed by atoms with Gasteiger partial charge < -0.3 is 20.7 Å². The Hall–Kier alpha value is -1.35. The Balaban J connectivity index is 0.00000420. The van der Waals surface area contributed by atoms with Crippen LogP contribution < -0.4 is 16.0 Å². The van der Waals surface area contributed by atoms with Crippen molar-refractivity contribution >= 4 is 35.8 Å². The summed E-state index contributed by atoms with van der Waals surface area (Å²) in [5.74, 6) is 0.769. The predicted molar refractivity (Wildman–Crippen MR) is 130 cm³/mol. The molecule has 0 saturated heterocycles. The van der Waals surface area contributed by atoms with Crippen molar-refractivity contribution in [1.29, 1.82) is 0 Å². The molecule has 2 atom stereocenters. The van der Waals surface area contributed by atoms with Gasteiger partial charge in [0.1, 0.15) is 0 Å². The second kappa shape index (κ2) is 12.4. The van der Waals surface area contributed by atoms with Crippen molar-refractivity contribution in [2.75, 3.05) is 27.2 Å². The number of amides is 1. The van der Waals surface area contributed by atoms with Gasteiger partial charge in [0.05, 0.1) is 6.10 Å². The first kappa shape index (κ1) is 25.7. The molecular formula is C22H37IN4O2. The first-order valence-corrected chi connectivity index (χ1v) is 10.4. The predicted octanol–water partition coefficient (Wildman–Crippen LogP) is 3.36. The maximum atomic E-state index is 11.8. The lowest BCUT2D eigenvalue weighted by Crippen LogP contribution is -2.65. The average molecular weight is 516 g/mol. The Morgan fingerprint density at radius 3 is 2.59 bits per heavy atom. The van der Waals surface area contributed by atoms with Crippen LogP contribution in [0.4, 0.5) is 0 Å². The minimum atomic E-state index is -0.0587. The van der Waals surface area contributed by atoms with E-state index < -0.39 is 0 Å². The first-order valence-electron chi connectivity index (χ1n) is 10.4. The Kier molecular flexibility index (Phi) is 11.0. The maximum Gasteiger partial charge on any atom is 0.251 e. The molecule has 2 unspecified atom stereocenters. The molecule has 0 bridgehead atoms. The second-order valence-corrected chi connectivity index (χ2v) is 7.35. The lowest BCUT2D eigenvalue weighted by Gasteiger charge is -2.55. The fourth-order valence-corrected chi connectivity index (χ4v) is 4.28. The first-order chi connectivity index (χ1) is 13.5. The van der Waals surface area contributed by atoms with Crippen LogP contribution >= 0.6 is 24.0 Å². The highest BCUT2D eigenvalue weighted by Crippen LogP contribution is 2.48. The largest absolute Gasteiger partial charge is 0.378 e. The van der Waals surface area contributed by atoms with Gasteiger partial charge in [-0.1, -0.05) is 26.0 Å². The van der Waals surface area contributed by atoms with Gasteiger partial charge in [-0.2, -0.15) is 0 Å². The highest BCUT2D eigenvalue weighted by atomic mass is 127. The minimum Gasteiger partial charge on any atom is -0.378 e. The van der Waals surface area contributed by atoms with E-state index in [9.17, 15) is 4.79 Å². The SMILES string of the molecule is CCOC1CC(NC(=NC)NCCc2cccc(C(=O)NC)c2)C1(CC)CC.I. The van der Waals surface area contributed by atoms with Crippen molar-refractivity contribution in [3.8, 4) is 0 Å². The van der Waals surface area contributed by atoms with Crippen molar-refractivity contribution in [2.45, 2.75) is 58.6 Å². The maximum absolute atomic E-state index is 11.8. The van der Waals surface area contributed by atoms with Crippen molar-refractivity contribution in [1.82, 2.24) is 16.0 Å². The molecule has 164 valence electrons. The molecule has 0 aromatic heterocycles. The molecule has 3 N–H and O–H groups in total. The third-order valence-corrected chi connectivity index (χ3v) is 6.13. The van der Waals surface area contributed by atoms with Crippen LogP contribution in [0.3, 0.4) is 0 Å². The molecular weight excluding hydrogens is 479 g/mol. The average Bonchev–Trinajstić information content (AvgIpc) is 2.72. The number of carbonyl (C=O) groups is 1. The molecule has 1 saturated carbocycles. The van der Waals surface area contributed by atoms with Crippen molar-refractivity contribution in [3.05, 3.63) is 35.4 Å². The summed E-state index contributed by atoms with van der Waals surface area (Å²) >= 11 is 0. The summed E-state index contributed by atoms with van der Waals surface area (Å²) in [4.78, 5) is 16.2. The number of guanidine groups is 1. The van der Waals surface area contributed by atoms with Gasteiger partial charge in [-0.15, -0.1) is 24.0 Å². The number of benzene rings is 1. The topological polar surface area (TPSA) is 74.8 Å². The van der Waals surface area contributed by atoms with E-state index >= 15 is 0 Å². The number of nitrogens with one attached hydrogen (secondary N) is 3.